The lowest BCUT2D eigenvalue weighted by Gasteiger charge is -2.22. The van der Waals surface area contributed by atoms with Gasteiger partial charge in [-0.3, -0.25) is 0 Å². The van der Waals surface area contributed by atoms with Crippen molar-refractivity contribution < 1.29 is 30.0 Å². The monoisotopic (exact) mass is 178 g/mol. The molecule has 0 aromatic heterocycles. The Morgan fingerprint density at radius 1 is 1.50 bits per heavy atom. The Morgan fingerprint density at radius 2 is 1.92 bits per heavy atom. The average molecular weight is 178 g/mol. The van der Waals surface area contributed by atoms with Gasteiger partial charge in [-0.15, -0.1) is 0 Å². The second-order valence-corrected chi connectivity index (χ2v) is 2.20. The first-order valence-electron chi connectivity index (χ1n) is 2.97. The number of aliphatic hydroxyl groups is 4. The number of hydrogen-bond donors (Lipinski definition) is 4. The molecule has 0 fully saturated rings. The zero-order chi connectivity index (χ0) is 9.94. The molecule has 0 amide bonds. The van der Waals surface area contributed by atoms with Crippen molar-refractivity contribution in [1.82, 2.24) is 0 Å². The number of ether oxygens (including phenoxy) is 1. The van der Waals surface area contributed by atoms with Gasteiger partial charge in [-0.1, -0.05) is 6.58 Å². The van der Waals surface area contributed by atoms with Crippen LogP contribution in [0.15, 0.2) is 12.2 Å². The summed E-state index contributed by atoms with van der Waals surface area (Å²) in [5.41, 5.74) is -0.0943. The topological polar surface area (TPSA) is 107 Å². The van der Waals surface area contributed by atoms with Crippen molar-refractivity contribution in [2.24, 2.45) is 0 Å². The minimum Gasteiger partial charge on any atom is -0.400 e. The van der Waals surface area contributed by atoms with Gasteiger partial charge in [0.2, 0.25) is 6.29 Å². The van der Waals surface area contributed by atoms with Crippen molar-refractivity contribution in [3.05, 3.63) is 12.2 Å². The third-order valence-electron chi connectivity index (χ3n) is 0.928. The Hall–Kier alpha value is -0.950. The summed E-state index contributed by atoms with van der Waals surface area (Å²) >= 11 is 0. The van der Waals surface area contributed by atoms with Crippen LogP contribution in [0.4, 0.5) is 0 Å². The molecule has 6 heteroatoms. The predicted octanol–water partition coefficient (Wildman–Crippen LogP) is -1.95. The molecule has 0 aliphatic rings. The molecule has 0 rings (SSSR count). The van der Waals surface area contributed by atoms with E-state index >= 15 is 0 Å². The van der Waals surface area contributed by atoms with Crippen molar-refractivity contribution in [2.75, 3.05) is 0 Å². The Bertz CT molecular complexity index is 194. The van der Waals surface area contributed by atoms with Gasteiger partial charge in [0.25, 0.3) is 0 Å². The van der Waals surface area contributed by atoms with E-state index in [4.69, 9.17) is 20.4 Å². The molecule has 12 heavy (non-hydrogen) atoms. The van der Waals surface area contributed by atoms with Crippen LogP contribution in [0.2, 0.25) is 0 Å². The fraction of sp³-hybridized carbons (Fsp3) is 0.500. The van der Waals surface area contributed by atoms with Crippen molar-refractivity contribution in [3.8, 4) is 0 Å². The molecule has 0 aliphatic heterocycles. The summed E-state index contributed by atoms with van der Waals surface area (Å²) < 4.78 is 3.83. The van der Waals surface area contributed by atoms with Crippen LogP contribution in [-0.4, -0.2) is 38.7 Å². The summed E-state index contributed by atoms with van der Waals surface area (Å²) in [6.07, 6.45) is -2.58. The number of carbonyl (C=O) groups excluding carboxylic acids is 1. The number of rotatable bonds is 3. The molecule has 0 aromatic rings. The van der Waals surface area contributed by atoms with E-state index < -0.39 is 18.2 Å². The summed E-state index contributed by atoms with van der Waals surface area (Å²) in [5, 5.41) is 33.7. The molecule has 0 atom stereocenters. The third kappa shape index (κ3) is 2.97. The van der Waals surface area contributed by atoms with Gasteiger partial charge in [0.05, 0.1) is 0 Å². The highest BCUT2D eigenvalue weighted by Crippen LogP contribution is 2.08. The molecule has 0 heterocycles. The molecular weight excluding hydrogens is 168 g/mol. The third-order valence-corrected chi connectivity index (χ3v) is 0.928. The van der Waals surface area contributed by atoms with Crippen LogP contribution in [0, 0.1) is 0 Å². The lowest BCUT2D eigenvalue weighted by atomic mass is 10.3. The first-order chi connectivity index (χ1) is 5.27. The minimum absolute atomic E-state index is 0.0943. The first kappa shape index (κ1) is 11.1. The Labute approximate surface area is 68.3 Å². The summed E-state index contributed by atoms with van der Waals surface area (Å²) in [4.78, 5) is 10.6. The normalized spacial score (nSPS) is 11.5. The molecule has 70 valence electrons. The lowest BCUT2D eigenvalue weighted by molar-refractivity contribution is -0.396. The molecule has 6 nitrogen and oxygen atoms in total. The molecule has 0 radical (unpaired) electrons. The highest BCUT2D eigenvalue weighted by Gasteiger charge is 2.36. The largest absolute Gasteiger partial charge is 0.400 e. The maximum absolute atomic E-state index is 10.6. The van der Waals surface area contributed by atoms with Crippen LogP contribution in [0.5, 0.6) is 0 Å². The van der Waals surface area contributed by atoms with E-state index in [-0.39, 0.29) is 5.57 Å². The van der Waals surface area contributed by atoms with E-state index in [2.05, 4.69) is 11.3 Å². The molecule has 0 unspecified atom stereocenters. The van der Waals surface area contributed by atoms with Crippen molar-refractivity contribution in [2.45, 2.75) is 19.2 Å². The van der Waals surface area contributed by atoms with E-state index in [9.17, 15) is 4.79 Å². The lowest BCUT2D eigenvalue weighted by Crippen LogP contribution is -2.46. The summed E-state index contributed by atoms with van der Waals surface area (Å²) in [7, 11) is 0. The molecular formula is C6H10O6. The number of esters is 1. The van der Waals surface area contributed by atoms with Gasteiger partial charge in [0.1, 0.15) is 0 Å². The minimum atomic E-state index is -3.30. The van der Waals surface area contributed by atoms with E-state index in [1.165, 1.54) is 6.92 Å². The first-order valence-corrected chi connectivity index (χ1v) is 2.97. The summed E-state index contributed by atoms with van der Waals surface area (Å²) in [5.74, 6) is -4.43. The van der Waals surface area contributed by atoms with Gasteiger partial charge < -0.3 is 25.2 Å². The van der Waals surface area contributed by atoms with Gasteiger partial charge in [-0.05, 0) is 6.92 Å². The molecule has 4 N–H and O–H groups in total. The van der Waals surface area contributed by atoms with E-state index in [1.54, 1.807) is 0 Å². The second kappa shape index (κ2) is 3.63. The molecule has 0 saturated heterocycles. The maximum atomic E-state index is 10.6. The number of hydrogen-bond acceptors (Lipinski definition) is 6. The molecule has 0 saturated carbocycles. The van der Waals surface area contributed by atoms with E-state index in [1.807, 2.05) is 0 Å². The molecule has 0 aromatic carbocycles. The fourth-order valence-corrected chi connectivity index (χ4v) is 0.276. The molecule has 0 bridgehead atoms. The van der Waals surface area contributed by atoms with Crippen LogP contribution in [0.1, 0.15) is 6.92 Å². The van der Waals surface area contributed by atoms with Crippen LogP contribution >= 0.6 is 0 Å². The Morgan fingerprint density at radius 3 is 2.17 bits per heavy atom. The number of aliphatic hydroxyl groups excluding tert-OH is 1. The Kier molecular flexibility index (Phi) is 3.35. The molecule has 0 aliphatic carbocycles. The van der Waals surface area contributed by atoms with Gasteiger partial charge in [0, 0.05) is 5.57 Å². The van der Waals surface area contributed by atoms with Gasteiger partial charge in [0.15, 0.2) is 0 Å². The van der Waals surface area contributed by atoms with Crippen LogP contribution in [0.3, 0.4) is 0 Å². The quantitative estimate of drug-likeness (QED) is 0.227. The van der Waals surface area contributed by atoms with Gasteiger partial charge in [-0.2, -0.15) is 0 Å². The zero-order valence-corrected chi connectivity index (χ0v) is 6.39. The highest BCUT2D eigenvalue weighted by atomic mass is 16.8. The van der Waals surface area contributed by atoms with Crippen LogP contribution in [-0.2, 0) is 9.53 Å². The van der Waals surface area contributed by atoms with Crippen LogP contribution < -0.4 is 0 Å². The summed E-state index contributed by atoms with van der Waals surface area (Å²) in [6, 6.07) is 0. The maximum Gasteiger partial charge on any atom is 0.378 e. The second-order valence-electron chi connectivity index (χ2n) is 2.20. The smallest absolute Gasteiger partial charge is 0.378 e. The number of carbonyl (C=O) groups is 1. The SMILES string of the molecule is C=C(C)C(=O)OC(O)(O)C(O)O. The average Bonchev–Trinajstić information content (AvgIpc) is 1.85. The van der Waals surface area contributed by atoms with Gasteiger partial charge >= 0.3 is 11.9 Å². The Balaban J connectivity index is 4.25. The van der Waals surface area contributed by atoms with E-state index in [0.717, 1.165) is 0 Å². The van der Waals surface area contributed by atoms with Gasteiger partial charge in [-0.25, -0.2) is 4.79 Å². The van der Waals surface area contributed by atoms with Crippen molar-refractivity contribution >= 4 is 5.97 Å². The highest BCUT2D eigenvalue weighted by molar-refractivity contribution is 5.87. The molecule has 0 spiro atoms. The summed E-state index contributed by atoms with van der Waals surface area (Å²) in [6.45, 7) is 4.40. The van der Waals surface area contributed by atoms with Crippen molar-refractivity contribution in [1.29, 1.82) is 0 Å². The predicted molar refractivity (Wildman–Crippen MR) is 36.3 cm³/mol. The zero-order valence-electron chi connectivity index (χ0n) is 6.39. The fourth-order valence-electron chi connectivity index (χ4n) is 0.276. The van der Waals surface area contributed by atoms with Crippen LogP contribution in [0.25, 0.3) is 0 Å². The standard InChI is InChI=1S/C6H10O6/c1-3(2)4(7)12-6(10,11)5(8)9/h5,8-11H,1H2,2H3. The van der Waals surface area contributed by atoms with Crippen molar-refractivity contribution in [3.63, 3.8) is 0 Å². The van der Waals surface area contributed by atoms with E-state index in [0.29, 0.717) is 0 Å².